The number of fused-ring (bicyclic) bond motifs is 1. The van der Waals surface area contributed by atoms with E-state index in [0.717, 1.165) is 35.7 Å². The summed E-state index contributed by atoms with van der Waals surface area (Å²) < 4.78 is 1.79. The molecule has 3 aromatic rings. The number of aliphatic hydroxyl groups is 1. The number of aromatic nitrogens is 4. The highest BCUT2D eigenvalue weighted by Crippen LogP contribution is 2.36. The first-order valence-electron chi connectivity index (χ1n) is 8.38. The van der Waals surface area contributed by atoms with Gasteiger partial charge in [-0.15, -0.1) is 0 Å². The Hall–Kier alpha value is -2.18. The van der Waals surface area contributed by atoms with Gasteiger partial charge in [-0.05, 0) is 44.4 Å². The maximum absolute atomic E-state index is 11.1. The average molecular weight is 358 g/mol. The number of benzene rings is 1. The lowest BCUT2D eigenvalue weighted by molar-refractivity contribution is 0.0116. The standard InChI is InChI=1S/C18H20ClN5O/c1-12-13(2)22-17-20-11-21-24(17)16(12)23-9-7-18(25,8-10-23)14-3-5-15(19)6-4-14/h3-6,11,25H,7-10H2,1-2H3. The molecule has 0 spiro atoms. The van der Waals surface area contributed by atoms with Crippen LogP contribution in [0.3, 0.4) is 0 Å². The van der Waals surface area contributed by atoms with Crippen LogP contribution in [0.15, 0.2) is 30.6 Å². The highest BCUT2D eigenvalue weighted by molar-refractivity contribution is 6.30. The van der Waals surface area contributed by atoms with Gasteiger partial charge in [0, 0.05) is 29.4 Å². The quantitative estimate of drug-likeness (QED) is 0.763. The summed E-state index contributed by atoms with van der Waals surface area (Å²) in [6, 6.07) is 7.48. The SMILES string of the molecule is Cc1nc2ncnn2c(N2CCC(O)(c3ccc(Cl)cc3)CC2)c1C. The minimum absolute atomic E-state index is 0.608. The van der Waals surface area contributed by atoms with E-state index < -0.39 is 5.60 Å². The van der Waals surface area contributed by atoms with Gasteiger partial charge in [0.1, 0.15) is 12.1 Å². The number of halogens is 1. The van der Waals surface area contributed by atoms with E-state index >= 15 is 0 Å². The maximum atomic E-state index is 11.1. The van der Waals surface area contributed by atoms with Crippen LogP contribution in [0.5, 0.6) is 0 Å². The molecule has 0 saturated carbocycles. The molecule has 0 unspecified atom stereocenters. The molecule has 0 amide bonds. The van der Waals surface area contributed by atoms with Gasteiger partial charge in [-0.2, -0.15) is 14.6 Å². The molecule has 7 heteroatoms. The van der Waals surface area contributed by atoms with Crippen LogP contribution in [0.4, 0.5) is 5.82 Å². The number of hydrogen-bond acceptors (Lipinski definition) is 5. The Balaban J connectivity index is 1.63. The Bertz CT molecular complexity index is 913. The molecule has 1 aliphatic rings. The van der Waals surface area contributed by atoms with Crippen molar-refractivity contribution in [3.63, 3.8) is 0 Å². The summed E-state index contributed by atoms with van der Waals surface area (Å²) in [5, 5.41) is 16.1. The summed E-state index contributed by atoms with van der Waals surface area (Å²) in [7, 11) is 0. The van der Waals surface area contributed by atoms with Crippen LogP contribution in [0.1, 0.15) is 29.7 Å². The highest BCUT2D eigenvalue weighted by atomic mass is 35.5. The zero-order valence-electron chi connectivity index (χ0n) is 14.3. The maximum Gasteiger partial charge on any atom is 0.254 e. The Morgan fingerprint density at radius 2 is 1.80 bits per heavy atom. The highest BCUT2D eigenvalue weighted by Gasteiger charge is 2.35. The zero-order valence-corrected chi connectivity index (χ0v) is 15.0. The number of nitrogens with zero attached hydrogens (tertiary/aromatic N) is 5. The summed E-state index contributed by atoms with van der Waals surface area (Å²) in [4.78, 5) is 10.9. The molecule has 3 heterocycles. The molecule has 0 radical (unpaired) electrons. The number of piperidine rings is 1. The predicted octanol–water partition coefficient (Wildman–Crippen LogP) is 2.88. The Morgan fingerprint density at radius 1 is 1.12 bits per heavy atom. The number of rotatable bonds is 2. The lowest BCUT2D eigenvalue weighted by atomic mass is 9.84. The van der Waals surface area contributed by atoms with Gasteiger partial charge in [-0.25, -0.2) is 4.98 Å². The van der Waals surface area contributed by atoms with E-state index in [-0.39, 0.29) is 0 Å². The molecule has 4 rings (SSSR count). The third kappa shape index (κ3) is 2.75. The molecule has 2 aromatic heterocycles. The molecule has 1 aliphatic heterocycles. The molecule has 1 aromatic carbocycles. The van der Waals surface area contributed by atoms with Gasteiger partial charge in [-0.1, -0.05) is 23.7 Å². The van der Waals surface area contributed by atoms with Crippen LogP contribution in [0, 0.1) is 13.8 Å². The Morgan fingerprint density at radius 3 is 2.48 bits per heavy atom. The normalized spacial score (nSPS) is 17.2. The van der Waals surface area contributed by atoms with E-state index in [1.54, 1.807) is 4.52 Å². The number of anilines is 1. The van der Waals surface area contributed by atoms with E-state index in [9.17, 15) is 5.11 Å². The largest absolute Gasteiger partial charge is 0.385 e. The van der Waals surface area contributed by atoms with Gasteiger partial charge in [0.2, 0.25) is 0 Å². The van der Waals surface area contributed by atoms with E-state index in [0.29, 0.717) is 23.6 Å². The van der Waals surface area contributed by atoms with Gasteiger partial charge in [0.05, 0.1) is 5.60 Å². The third-order valence-electron chi connectivity index (χ3n) is 5.15. The van der Waals surface area contributed by atoms with Gasteiger partial charge in [0.25, 0.3) is 5.78 Å². The molecular formula is C18H20ClN5O. The fourth-order valence-corrected chi connectivity index (χ4v) is 3.65. The average Bonchev–Trinajstić information content (AvgIpc) is 3.05. The van der Waals surface area contributed by atoms with Crippen molar-refractivity contribution in [2.45, 2.75) is 32.3 Å². The van der Waals surface area contributed by atoms with E-state index in [1.165, 1.54) is 6.33 Å². The lowest BCUT2D eigenvalue weighted by Gasteiger charge is -2.40. The molecule has 1 saturated heterocycles. The van der Waals surface area contributed by atoms with Crippen molar-refractivity contribution in [2.24, 2.45) is 0 Å². The first-order chi connectivity index (χ1) is 12.0. The smallest absolute Gasteiger partial charge is 0.254 e. The van der Waals surface area contributed by atoms with Crippen LogP contribution in [0.25, 0.3) is 5.78 Å². The summed E-state index contributed by atoms with van der Waals surface area (Å²) in [5.74, 6) is 1.62. The minimum Gasteiger partial charge on any atom is -0.385 e. The van der Waals surface area contributed by atoms with Crippen LogP contribution >= 0.6 is 11.6 Å². The first-order valence-corrected chi connectivity index (χ1v) is 8.76. The summed E-state index contributed by atoms with van der Waals surface area (Å²) >= 11 is 5.96. The van der Waals surface area contributed by atoms with Crippen LogP contribution in [-0.2, 0) is 5.60 Å². The van der Waals surface area contributed by atoms with Crippen LogP contribution in [-0.4, -0.2) is 37.8 Å². The van der Waals surface area contributed by atoms with Crippen molar-refractivity contribution in [2.75, 3.05) is 18.0 Å². The molecule has 25 heavy (non-hydrogen) atoms. The Labute approximate surface area is 151 Å². The summed E-state index contributed by atoms with van der Waals surface area (Å²) in [6.45, 7) is 5.51. The fourth-order valence-electron chi connectivity index (χ4n) is 3.52. The van der Waals surface area contributed by atoms with Crippen LogP contribution in [0.2, 0.25) is 5.02 Å². The molecule has 0 aliphatic carbocycles. The molecule has 1 fully saturated rings. The van der Waals surface area contributed by atoms with Crippen molar-refractivity contribution in [1.29, 1.82) is 0 Å². The summed E-state index contributed by atoms with van der Waals surface area (Å²) in [6.07, 6.45) is 2.82. The minimum atomic E-state index is -0.821. The first kappa shape index (κ1) is 16.3. The van der Waals surface area contributed by atoms with Crippen molar-refractivity contribution in [3.8, 4) is 0 Å². The monoisotopic (exact) mass is 357 g/mol. The fraction of sp³-hybridized carbons (Fsp3) is 0.389. The second-order valence-corrected chi connectivity index (χ2v) is 7.08. The van der Waals surface area contributed by atoms with Crippen molar-refractivity contribution >= 4 is 23.2 Å². The van der Waals surface area contributed by atoms with Crippen LogP contribution < -0.4 is 4.90 Å². The molecular weight excluding hydrogens is 338 g/mol. The third-order valence-corrected chi connectivity index (χ3v) is 5.40. The van der Waals surface area contributed by atoms with Gasteiger partial charge in [-0.3, -0.25) is 0 Å². The van der Waals surface area contributed by atoms with Gasteiger partial charge < -0.3 is 10.0 Å². The second kappa shape index (κ2) is 5.97. The van der Waals surface area contributed by atoms with Gasteiger partial charge in [0.15, 0.2) is 0 Å². The molecule has 0 bridgehead atoms. The number of aryl methyl sites for hydroxylation is 1. The van der Waals surface area contributed by atoms with E-state index in [1.807, 2.05) is 31.2 Å². The van der Waals surface area contributed by atoms with E-state index in [4.69, 9.17) is 11.6 Å². The van der Waals surface area contributed by atoms with Crippen molar-refractivity contribution in [1.82, 2.24) is 19.6 Å². The number of hydrogen-bond donors (Lipinski definition) is 1. The lowest BCUT2D eigenvalue weighted by Crippen LogP contribution is -2.43. The molecule has 0 atom stereocenters. The zero-order chi connectivity index (χ0) is 17.6. The predicted molar refractivity (Wildman–Crippen MR) is 97.1 cm³/mol. The molecule has 6 nitrogen and oxygen atoms in total. The van der Waals surface area contributed by atoms with Crippen molar-refractivity contribution < 1.29 is 5.11 Å². The molecule has 130 valence electrons. The Kier molecular flexibility index (Phi) is 3.89. The van der Waals surface area contributed by atoms with Crippen molar-refractivity contribution in [3.05, 3.63) is 52.4 Å². The second-order valence-electron chi connectivity index (χ2n) is 6.64. The summed E-state index contributed by atoms with van der Waals surface area (Å²) in [5.41, 5.74) is 2.15. The van der Waals surface area contributed by atoms with Gasteiger partial charge >= 0.3 is 0 Å². The van der Waals surface area contributed by atoms with E-state index in [2.05, 4.69) is 26.9 Å². The topological polar surface area (TPSA) is 66.5 Å². The molecule has 1 N–H and O–H groups in total.